The fourth-order valence-electron chi connectivity index (χ4n) is 1.35. The maximum absolute atomic E-state index is 12.7. The number of aromatic nitrogens is 1. The molecular formula is C12H17F3N2. The van der Waals surface area contributed by atoms with E-state index in [-0.39, 0.29) is 5.92 Å². The summed E-state index contributed by atoms with van der Waals surface area (Å²) in [5.41, 5.74) is -0.187. The quantitative estimate of drug-likeness (QED) is 0.867. The molecule has 0 bridgehead atoms. The van der Waals surface area contributed by atoms with E-state index in [1.165, 1.54) is 0 Å². The van der Waals surface area contributed by atoms with Gasteiger partial charge in [-0.1, -0.05) is 20.8 Å². The van der Waals surface area contributed by atoms with Crippen LogP contribution in [0.1, 0.15) is 44.4 Å². The third-order valence-corrected chi connectivity index (χ3v) is 2.32. The smallest absolute Gasteiger partial charge is 0.370 e. The summed E-state index contributed by atoms with van der Waals surface area (Å²) in [4.78, 5) is 4.17. The third-order valence-electron chi connectivity index (χ3n) is 2.32. The Morgan fingerprint density at radius 2 is 1.94 bits per heavy atom. The van der Waals surface area contributed by atoms with Gasteiger partial charge < -0.3 is 5.32 Å². The van der Waals surface area contributed by atoms with Gasteiger partial charge in [0.2, 0.25) is 0 Å². The molecule has 1 aromatic rings. The normalized spacial score (nSPS) is 11.9. The zero-order chi connectivity index (χ0) is 13.1. The van der Waals surface area contributed by atoms with Gasteiger partial charge in [0, 0.05) is 12.2 Å². The lowest BCUT2D eigenvalue weighted by molar-refractivity contribution is -0.137. The minimum Gasteiger partial charge on any atom is -0.370 e. The summed E-state index contributed by atoms with van der Waals surface area (Å²) < 4.78 is 38.0. The molecule has 0 radical (unpaired) electrons. The number of rotatable bonds is 4. The van der Waals surface area contributed by atoms with E-state index in [0.29, 0.717) is 18.1 Å². The number of alkyl halides is 3. The Kier molecular flexibility index (Phi) is 4.37. The summed E-state index contributed by atoms with van der Waals surface area (Å²) in [7, 11) is 0. The lowest BCUT2D eigenvalue weighted by Crippen LogP contribution is -2.11. The van der Waals surface area contributed by atoms with Crippen LogP contribution in [0, 0.1) is 0 Å². The van der Waals surface area contributed by atoms with E-state index in [4.69, 9.17) is 0 Å². The molecule has 1 rings (SSSR count). The molecule has 0 aliphatic heterocycles. The second kappa shape index (κ2) is 5.38. The molecule has 1 aromatic heterocycles. The minimum atomic E-state index is -4.32. The van der Waals surface area contributed by atoms with Crippen molar-refractivity contribution in [3.8, 4) is 0 Å². The van der Waals surface area contributed by atoms with Crippen LogP contribution in [0.15, 0.2) is 12.1 Å². The monoisotopic (exact) mass is 246 g/mol. The van der Waals surface area contributed by atoms with Gasteiger partial charge in [-0.05, 0) is 24.5 Å². The van der Waals surface area contributed by atoms with Crippen molar-refractivity contribution in [3.05, 3.63) is 23.4 Å². The van der Waals surface area contributed by atoms with Gasteiger partial charge in [-0.25, -0.2) is 4.98 Å². The van der Waals surface area contributed by atoms with Gasteiger partial charge in [0.05, 0.1) is 5.56 Å². The molecule has 0 atom stereocenters. The van der Waals surface area contributed by atoms with Crippen molar-refractivity contribution in [2.45, 2.75) is 39.3 Å². The molecule has 0 spiro atoms. The van der Waals surface area contributed by atoms with Crippen molar-refractivity contribution in [1.29, 1.82) is 0 Å². The maximum Gasteiger partial charge on any atom is 0.416 e. The van der Waals surface area contributed by atoms with Crippen molar-refractivity contribution >= 4 is 5.82 Å². The Bertz CT molecular complexity index is 373. The summed E-state index contributed by atoms with van der Waals surface area (Å²) in [6.07, 6.45) is -3.48. The van der Waals surface area contributed by atoms with Gasteiger partial charge in [-0.15, -0.1) is 0 Å². The molecule has 0 aliphatic rings. The molecule has 96 valence electrons. The highest BCUT2D eigenvalue weighted by atomic mass is 19.4. The summed E-state index contributed by atoms with van der Waals surface area (Å²) in [5, 5.41) is 2.89. The van der Waals surface area contributed by atoms with Crippen LogP contribution in [0.5, 0.6) is 0 Å². The molecular weight excluding hydrogens is 229 g/mol. The Labute approximate surface area is 99.3 Å². The first-order chi connectivity index (χ1) is 7.84. The molecule has 1 heterocycles. The Morgan fingerprint density at radius 1 is 1.29 bits per heavy atom. The van der Waals surface area contributed by atoms with E-state index < -0.39 is 11.7 Å². The summed E-state index contributed by atoms with van der Waals surface area (Å²) in [6, 6.07) is 2.17. The molecule has 1 N–H and O–H groups in total. The highest BCUT2D eigenvalue weighted by Crippen LogP contribution is 2.32. The molecule has 0 saturated heterocycles. The first-order valence-corrected chi connectivity index (χ1v) is 5.67. The highest BCUT2D eigenvalue weighted by molar-refractivity contribution is 5.41. The van der Waals surface area contributed by atoms with Gasteiger partial charge in [0.25, 0.3) is 0 Å². The predicted octanol–water partition coefficient (Wildman–Crippen LogP) is 4.05. The summed E-state index contributed by atoms with van der Waals surface area (Å²) in [6.45, 7) is 6.22. The second-order valence-corrected chi connectivity index (χ2v) is 4.25. The Hall–Kier alpha value is -1.26. The molecule has 0 aromatic carbocycles. The molecule has 0 saturated carbocycles. The van der Waals surface area contributed by atoms with Crippen LogP contribution in [0.2, 0.25) is 0 Å². The zero-order valence-electron chi connectivity index (χ0n) is 10.2. The van der Waals surface area contributed by atoms with Crippen LogP contribution in [0.25, 0.3) is 0 Å². The Balaban J connectivity index is 3.10. The molecule has 0 aliphatic carbocycles. The number of halogens is 3. The van der Waals surface area contributed by atoms with E-state index in [1.807, 2.05) is 20.8 Å². The largest absolute Gasteiger partial charge is 0.416 e. The number of pyridine rings is 1. The molecule has 0 amide bonds. The van der Waals surface area contributed by atoms with Gasteiger partial charge in [-0.2, -0.15) is 13.2 Å². The maximum atomic E-state index is 12.7. The van der Waals surface area contributed by atoms with E-state index in [9.17, 15) is 13.2 Å². The van der Waals surface area contributed by atoms with E-state index in [2.05, 4.69) is 10.3 Å². The summed E-state index contributed by atoms with van der Waals surface area (Å²) >= 11 is 0. The first kappa shape index (κ1) is 13.8. The average molecular weight is 246 g/mol. The number of hydrogen-bond donors (Lipinski definition) is 1. The van der Waals surface area contributed by atoms with Crippen LogP contribution in [0.4, 0.5) is 19.0 Å². The predicted molar refractivity (Wildman–Crippen MR) is 62.1 cm³/mol. The van der Waals surface area contributed by atoms with Gasteiger partial charge in [0.15, 0.2) is 0 Å². The lowest BCUT2D eigenvalue weighted by Gasteiger charge is -2.14. The SMILES string of the molecule is CCCNc1cc(C(F)(F)F)cc(C(C)C)n1. The van der Waals surface area contributed by atoms with Gasteiger partial charge in [-0.3, -0.25) is 0 Å². The second-order valence-electron chi connectivity index (χ2n) is 4.25. The lowest BCUT2D eigenvalue weighted by atomic mass is 10.1. The summed E-state index contributed by atoms with van der Waals surface area (Å²) in [5.74, 6) is 0.268. The van der Waals surface area contributed by atoms with Crippen molar-refractivity contribution in [2.75, 3.05) is 11.9 Å². The van der Waals surface area contributed by atoms with Crippen LogP contribution < -0.4 is 5.32 Å². The molecule has 17 heavy (non-hydrogen) atoms. The van der Waals surface area contributed by atoms with E-state index in [1.54, 1.807) is 0 Å². The van der Waals surface area contributed by atoms with Crippen molar-refractivity contribution in [1.82, 2.24) is 4.98 Å². The van der Waals surface area contributed by atoms with Crippen LogP contribution in [-0.4, -0.2) is 11.5 Å². The van der Waals surface area contributed by atoms with Crippen LogP contribution in [-0.2, 0) is 6.18 Å². The fraction of sp³-hybridized carbons (Fsp3) is 0.583. The third kappa shape index (κ3) is 3.91. The molecule has 0 fully saturated rings. The number of nitrogens with one attached hydrogen (secondary N) is 1. The van der Waals surface area contributed by atoms with Crippen LogP contribution >= 0.6 is 0 Å². The first-order valence-electron chi connectivity index (χ1n) is 5.67. The van der Waals surface area contributed by atoms with Crippen molar-refractivity contribution in [2.24, 2.45) is 0 Å². The molecule has 5 heteroatoms. The van der Waals surface area contributed by atoms with Crippen LogP contribution in [0.3, 0.4) is 0 Å². The van der Waals surface area contributed by atoms with Crippen molar-refractivity contribution in [3.63, 3.8) is 0 Å². The van der Waals surface area contributed by atoms with E-state index >= 15 is 0 Å². The van der Waals surface area contributed by atoms with Gasteiger partial charge >= 0.3 is 6.18 Å². The number of hydrogen-bond acceptors (Lipinski definition) is 2. The zero-order valence-corrected chi connectivity index (χ0v) is 10.2. The van der Waals surface area contributed by atoms with E-state index in [0.717, 1.165) is 18.6 Å². The van der Waals surface area contributed by atoms with Crippen molar-refractivity contribution < 1.29 is 13.2 Å². The number of nitrogens with zero attached hydrogens (tertiary/aromatic N) is 1. The minimum absolute atomic E-state index is 0.0283. The average Bonchev–Trinajstić information content (AvgIpc) is 2.24. The number of anilines is 1. The molecule has 0 unspecified atom stereocenters. The fourth-order valence-corrected chi connectivity index (χ4v) is 1.35. The molecule has 2 nitrogen and oxygen atoms in total. The highest BCUT2D eigenvalue weighted by Gasteiger charge is 2.31. The standard InChI is InChI=1S/C12H17F3N2/c1-4-5-16-11-7-9(12(13,14)15)6-10(17-11)8(2)3/h6-8H,4-5H2,1-3H3,(H,16,17). The van der Waals surface area contributed by atoms with Gasteiger partial charge in [0.1, 0.15) is 5.82 Å². The topological polar surface area (TPSA) is 24.9 Å². The Morgan fingerprint density at radius 3 is 2.41 bits per heavy atom.